The second-order valence-electron chi connectivity index (χ2n) is 8.46. The number of rotatable bonds is 4. The number of carbonyl (C=O) groups is 1. The number of carbonyl (C=O) groups excluding carboxylic acids is 1. The maximum atomic E-state index is 12.9. The van der Waals surface area contributed by atoms with Gasteiger partial charge in [0.1, 0.15) is 11.6 Å². The van der Waals surface area contributed by atoms with E-state index in [1.165, 1.54) is 25.9 Å². The molecule has 2 fully saturated rings. The van der Waals surface area contributed by atoms with Gasteiger partial charge in [0.2, 0.25) is 0 Å². The summed E-state index contributed by atoms with van der Waals surface area (Å²) in [5.74, 6) is 2.67. The van der Waals surface area contributed by atoms with Gasteiger partial charge in [0.25, 0.3) is 5.91 Å². The number of amides is 1. The van der Waals surface area contributed by atoms with Crippen molar-refractivity contribution in [1.82, 2.24) is 24.6 Å². The summed E-state index contributed by atoms with van der Waals surface area (Å²) in [7, 11) is 2.09. The topological polar surface area (TPSA) is 54.3 Å². The lowest BCUT2D eigenvalue weighted by Gasteiger charge is -2.31. The molecule has 0 unspecified atom stereocenters. The third kappa shape index (κ3) is 3.97. The van der Waals surface area contributed by atoms with Crippen molar-refractivity contribution in [2.75, 3.05) is 26.2 Å². The van der Waals surface area contributed by atoms with E-state index in [0.29, 0.717) is 5.92 Å². The molecule has 6 nitrogen and oxygen atoms in total. The predicted molar refractivity (Wildman–Crippen MR) is 109 cm³/mol. The van der Waals surface area contributed by atoms with Crippen molar-refractivity contribution >= 4 is 5.91 Å². The molecule has 1 aromatic carbocycles. The van der Waals surface area contributed by atoms with Gasteiger partial charge in [-0.05, 0) is 64.8 Å². The van der Waals surface area contributed by atoms with Crippen molar-refractivity contribution in [3.05, 3.63) is 46.5 Å². The first kappa shape index (κ1) is 19.1. The minimum atomic E-state index is 0.151. The van der Waals surface area contributed by atoms with Crippen LogP contribution in [0, 0.1) is 13.8 Å². The molecule has 0 radical (unpaired) electrons. The van der Waals surface area contributed by atoms with Crippen molar-refractivity contribution in [3.8, 4) is 0 Å². The van der Waals surface area contributed by atoms with Crippen molar-refractivity contribution < 1.29 is 4.79 Å². The summed E-state index contributed by atoms with van der Waals surface area (Å²) >= 11 is 0. The van der Waals surface area contributed by atoms with E-state index in [1.54, 1.807) is 0 Å². The van der Waals surface area contributed by atoms with Crippen LogP contribution < -0.4 is 0 Å². The van der Waals surface area contributed by atoms with Gasteiger partial charge in [0.15, 0.2) is 0 Å². The van der Waals surface area contributed by atoms with Crippen molar-refractivity contribution in [2.24, 2.45) is 7.05 Å². The van der Waals surface area contributed by atoms with E-state index >= 15 is 0 Å². The van der Waals surface area contributed by atoms with Gasteiger partial charge in [-0.1, -0.05) is 17.2 Å². The SMILES string of the molecule is Cc1cc(C)cc(C(=O)N2CCC(c3nnc(CN4CCCC4)n3C)CC2)c1. The van der Waals surface area contributed by atoms with Gasteiger partial charge in [-0.3, -0.25) is 9.69 Å². The minimum absolute atomic E-state index is 0.151. The summed E-state index contributed by atoms with van der Waals surface area (Å²) in [6, 6.07) is 6.10. The van der Waals surface area contributed by atoms with E-state index in [1.807, 2.05) is 30.9 Å². The minimum Gasteiger partial charge on any atom is -0.339 e. The number of hydrogen-bond donors (Lipinski definition) is 0. The number of aryl methyl sites for hydroxylation is 2. The summed E-state index contributed by atoms with van der Waals surface area (Å²) in [6.45, 7) is 8.89. The fraction of sp³-hybridized carbons (Fsp3) is 0.591. The molecule has 0 aliphatic carbocycles. The molecule has 0 saturated carbocycles. The third-order valence-corrected chi connectivity index (χ3v) is 6.18. The van der Waals surface area contributed by atoms with E-state index < -0.39 is 0 Å². The molecule has 28 heavy (non-hydrogen) atoms. The summed E-state index contributed by atoms with van der Waals surface area (Å²) < 4.78 is 2.18. The molecule has 0 N–H and O–H groups in total. The molecule has 2 saturated heterocycles. The van der Waals surface area contributed by atoms with Crippen molar-refractivity contribution in [3.63, 3.8) is 0 Å². The number of benzene rings is 1. The molecule has 1 aromatic heterocycles. The highest BCUT2D eigenvalue weighted by atomic mass is 16.2. The average molecular weight is 382 g/mol. The lowest BCUT2D eigenvalue weighted by molar-refractivity contribution is 0.0710. The van der Waals surface area contributed by atoms with Crippen LogP contribution in [0.25, 0.3) is 0 Å². The second-order valence-corrected chi connectivity index (χ2v) is 8.46. The maximum Gasteiger partial charge on any atom is 0.253 e. The monoisotopic (exact) mass is 381 g/mol. The molecular weight excluding hydrogens is 350 g/mol. The van der Waals surface area contributed by atoms with Crippen LogP contribution in [0.4, 0.5) is 0 Å². The number of piperidine rings is 1. The van der Waals surface area contributed by atoms with E-state index in [2.05, 4.69) is 32.8 Å². The second kappa shape index (κ2) is 8.03. The van der Waals surface area contributed by atoms with E-state index in [9.17, 15) is 4.79 Å². The zero-order valence-corrected chi connectivity index (χ0v) is 17.3. The Bertz CT molecular complexity index is 824. The fourth-order valence-corrected chi connectivity index (χ4v) is 4.63. The van der Waals surface area contributed by atoms with Crippen LogP contribution in [-0.2, 0) is 13.6 Å². The fourth-order valence-electron chi connectivity index (χ4n) is 4.63. The Kier molecular flexibility index (Phi) is 5.49. The molecule has 2 aliphatic rings. The van der Waals surface area contributed by atoms with Crippen molar-refractivity contribution in [1.29, 1.82) is 0 Å². The van der Waals surface area contributed by atoms with Gasteiger partial charge in [0.05, 0.1) is 6.54 Å². The summed E-state index contributed by atoms with van der Waals surface area (Å²) in [6.07, 6.45) is 4.48. The normalized spacial score (nSPS) is 18.8. The smallest absolute Gasteiger partial charge is 0.253 e. The molecule has 150 valence electrons. The molecule has 2 aromatic rings. The standard InChI is InChI=1S/C22H31N5O/c1-16-12-17(2)14-19(13-16)22(28)27-10-6-18(7-11-27)21-24-23-20(25(21)3)15-26-8-4-5-9-26/h12-14,18H,4-11,15H2,1-3H3. The highest BCUT2D eigenvalue weighted by molar-refractivity contribution is 5.94. The zero-order chi connectivity index (χ0) is 19.7. The first-order chi connectivity index (χ1) is 13.5. The maximum absolute atomic E-state index is 12.9. The predicted octanol–water partition coefficient (Wildman–Crippen LogP) is 3.05. The Balaban J connectivity index is 1.38. The highest BCUT2D eigenvalue weighted by Gasteiger charge is 2.28. The lowest BCUT2D eigenvalue weighted by Crippen LogP contribution is -2.38. The van der Waals surface area contributed by atoms with E-state index in [0.717, 1.165) is 60.8 Å². The van der Waals surface area contributed by atoms with Crippen LogP contribution >= 0.6 is 0 Å². The molecule has 0 atom stereocenters. The van der Waals surface area contributed by atoms with E-state index in [4.69, 9.17) is 0 Å². The first-order valence-corrected chi connectivity index (χ1v) is 10.5. The van der Waals surface area contributed by atoms with Crippen LogP contribution in [0.3, 0.4) is 0 Å². The molecular formula is C22H31N5O. The third-order valence-electron chi connectivity index (χ3n) is 6.18. The number of aromatic nitrogens is 3. The Hall–Kier alpha value is -2.21. The van der Waals surface area contributed by atoms with Gasteiger partial charge >= 0.3 is 0 Å². The molecule has 1 amide bonds. The first-order valence-electron chi connectivity index (χ1n) is 10.5. The Morgan fingerprint density at radius 3 is 2.29 bits per heavy atom. The van der Waals surface area contributed by atoms with Gasteiger partial charge < -0.3 is 9.47 Å². The van der Waals surface area contributed by atoms with Crippen LogP contribution in [0.15, 0.2) is 18.2 Å². The van der Waals surface area contributed by atoms with Gasteiger partial charge in [-0.2, -0.15) is 0 Å². The number of likely N-dealkylation sites (tertiary alicyclic amines) is 2. The van der Waals surface area contributed by atoms with Crippen LogP contribution in [0.2, 0.25) is 0 Å². The molecule has 2 aliphatic heterocycles. The molecule has 4 rings (SSSR count). The lowest BCUT2D eigenvalue weighted by atomic mass is 9.95. The summed E-state index contributed by atoms with van der Waals surface area (Å²) in [5, 5.41) is 8.98. The average Bonchev–Trinajstić information content (AvgIpc) is 3.31. The van der Waals surface area contributed by atoms with E-state index in [-0.39, 0.29) is 5.91 Å². The quantitative estimate of drug-likeness (QED) is 0.817. The number of nitrogens with zero attached hydrogens (tertiary/aromatic N) is 5. The highest BCUT2D eigenvalue weighted by Crippen LogP contribution is 2.28. The van der Waals surface area contributed by atoms with Gasteiger partial charge in [0, 0.05) is 31.6 Å². The largest absolute Gasteiger partial charge is 0.339 e. The Morgan fingerprint density at radius 2 is 1.64 bits per heavy atom. The molecule has 3 heterocycles. The Labute approximate surface area is 167 Å². The van der Waals surface area contributed by atoms with Crippen molar-refractivity contribution in [2.45, 2.75) is 52.0 Å². The Morgan fingerprint density at radius 1 is 1.00 bits per heavy atom. The summed E-state index contributed by atoms with van der Waals surface area (Å²) in [4.78, 5) is 17.3. The van der Waals surface area contributed by atoms with Gasteiger partial charge in [-0.15, -0.1) is 10.2 Å². The van der Waals surface area contributed by atoms with Crippen LogP contribution in [0.1, 0.15) is 64.7 Å². The molecule has 6 heteroatoms. The number of hydrogen-bond acceptors (Lipinski definition) is 4. The van der Waals surface area contributed by atoms with Crippen LogP contribution in [0.5, 0.6) is 0 Å². The van der Waals surface area contributed by atoms with Crippen LogP contribution in [-0.4, -0.2) is 56.7 Å². The molecule has 0 spiro atoms. The van der Waals surface area contributed by atoms with Gasteiger partial charge in [-0.25, -0.2) is 0 Å². The molecule has 0 bridgehead atoms. The zero-order valence-electron chi connectivity index (χ0n) is 17.3. The summed E-state index contributed by atoms with van der Waals surface area (Å²) in [5.41, 5.74) is 3.09.